The van der Waals surface area contributed by atoms with Crippen molar-refractivity contribution in [2.24, 2.45) is 0 Å². The van der Waals surface area contributed by atoms with E-state index in [9.17, 15) is 0 Å². The highest BCUT2D eigenvalue weighted by Crippen LogP contribution is 1.76. The van der Waals surface area contributed by atoms with E-state index in [1.54, 1.807) is 7.11 Å². The summed E-state index contributed by atoms with van der Waals surface area (Å²) in [5, 5.41) is 3.04. The summed E-state index contributed by atoms with van der Waals surface area (Å²) in [7, 11) is 3.62. The molecule has 0 unspecified atom stereocenters. The molecule has 0 rings (SSSR count). The normalized spacial score (nSPS) is 14.1. The van der Waals surface area contributed by atoms with Crippen LogP contribution in [0, 0.1) is 0 Å². The Hall–Kier alpha value is -0.0800. The van der Waals surface area contributed by atoms with E-state index in [2.05, 4.69) is 12.2 Å². The maximum atomic E-state index is 4.83. The van der Waals surface area contributed by atoms with Crippen LogP contribution in [0.1, 0.15) is 8.35 Å². The molecular weight excluding hydrogens is 90.1 g/mol. The summed E-state index contributed by atoms with van der Waals surface area (Å²) in [6.45, 7) is 2.86. The largest absolute Gasteiger partial charge is 0.383 e. The Labute approximate surface area is 46.3 Å². The quantitative estimate of drug-likeness (QED) is 0.564. The third kappa shape index (κ3) is 3.76. The molecule has 2 nitrogen and oxygen atoms in total. The van der Waals surface area contributed by atoms with Crippen LogP contribution in [-0.4, -0.2) is 26.8 Å². The second-order valence-corrected chi connectivity index (χ2v) is 1.65. The summed E-state index contributed by atoms with van der Waals surface area (Å²) in [6, 6.07) is 0.477. The summed E-state index contributed by atoms with van der Waals surface area (Å²) in [5.74, 6) is 0. The highest BCUT2D eigenvalue weighted by Gasteiger charge is 1.91. The molecule has 0 aliphatic heterocycles. The Kier molecular flexibility index (Phi) is 4.04. The van der Waals surface area contributed by atoms with Gasteiger partial charge < -0.3 is 10.1 Å². The minimum absolute atomic E-state index is 0. The Morgan fingerprint density at radius 1 is 1.86 bits per heavy atom. The van der Waals surface area contributed by atoms with Gasteiger partial charge in [-0.2, -0.15) is 0 Å². The van der Waals surface area contributed by atoms with Crippen LogP contribution < -0.4 is 5.32 Å². The van der Waals surface area contributed by atoms with E-state index in [1.165, 1.54) is 0 Å². The maximum Gasteiger partial charge on any atom is 0.0613 e. The summed E-state index contributed by atoms with van der Waals surface area (Å²) < 4.78 is 4.83. The number of hydrogen-bond donors (Lipinski definition) is 1. The summed E-state index contributed by atoms with van der Waals surface area (Å²) in [4.78, 5) is 0. The second kappa shape index (κ2) is 4.09. The van der Waals surface area contributed by atoms with Crippen molar-refractivity contribution in [3.05, 3.63) is 0 Å². The monoisotopic (exact) mass is 105 g/mol. The molecule has 1 atom stereocenters. The van der Waals surface area contributed by atoms with Gasteiger partial charge in [-0.15, -0.1) is 0 Å². The lowest BCUT2D eigenvalue weighted by atomic mass is 10.4. The molecule has 0 aromatic heterocycles. The van der Waals surface area contributed by atoms with E-state index < -0.39 is 0 Å². The topological polar surface area (TPSA) is 21.3 Å². The van der Waals surface area contributed by atoms with E-state index >= 15 is 0 Å². The molecule has 0 aromatic carbocycles. The van der Waals surface area contributed by atoms with Crippen LogP contribution in [0.5, 0.6) is 0 Å². The zero-order valence-electron chi connectivity index (χ0n) is 5.19. The average Bonchev–Trinajstić information content (AvgIpc) is 1.68. The van der Waals surface area contributed by atoms with Crippen LogP contribution in [0.2, 0.25) is 0 Å². The van der Waals surface area contributed by atoms with Crippen molar-refractivity contribution in [2.45, 2.75) is 13.0 Å². The molecule has 46 valence electrons. The molecular formula is C5H15NO. The minimum Gasteiger partial charge on any atom is -0.383 e. The summed E-state index contributed by atoms with van der Waals surface area (Å²) >= 11 is 0. The van der Waals surface area contributed by atoms with Gasteiger partial charge in [0.2, 0.25) is 0 Å². The zero-order valence-corrected chi connectivity index (χ0v) is 5.19. The van der Waals surface area contributed by atoms with Crippen LogP contribution in [0.4, 0.5) is 0 Å². The van der Waals surface area contributed by atoms with E-state index in [1.807, 2.05) is 7.05 Å². The fourth-order valence-corrected chi connectivity index (χ4v) is 0.333. The van der Waals surface area contributed by atoms with Gasteiger partial charge in [0.15, 0.2) is 0 Å². The summed E-state index contributed by atoms with van der Waals surface area (Å²) in [6.07, 6.45) is 0. The predicted octanol–water partition coefficient (Wildman–Crippen LogP) is 0.487. The maximum absolute atomic E-state index is 4.83. The number of rotatable bonds is 3. The lowest BCUT2D eigenvalue weighted by Crippen LogP contribution is -2.25. The first-order chi connectivity index (χ1) is 3.31. The highest BCUT2D eigenvalue weighted by molar-refractivity contribution is 4.51. The molecule has 0 saturated heterocycles. The first-order valence-electron chi connectivity index (χ1n) is 2.47. The molecule has 0 aromatic rings. The van der Waals surface area contributed by atoms with Gasteiger partial charge in [-0.05, 0) is 14.0 Å². The molecule has 0 radical (unpaired) electrons. The Balaban J connectivity index is 0. The van der Waals surface area contributed by atoms with Crippen molar-refractivity contribution in [3.8, 4) is 0 Å². The van der Waals surface area contributed by atoms with Gasteiger partial charge in [-0.25, -0.2) is 0 Å². The standard InChI is InChI=1S/C5H13NO.H2/c1-5(6-2)4-7-3;/h5-6H,4H2,1-3H3;1H/t5-;/m0./s1. The molecule has 0 bridgehead atoms. The molecule has 0 saturated carbocycles. The molecule has 0 heterocycles. The van der Waals surface area contributed by atoms with Gasteiger partial charge in [0.25, 0.3) is 0 Å². The number of methoxy groups -OCH3 is 1. The van der Waals surface area contributed by atoms with Gasteiger partial charge in [0, 0.05) is 14.6 Å². The molecule has 0 fully saturated rings. The second-order valence-electron chi connectivity index (χ2n) is 1.65. The van der Waals surface area contributed by atoms with Crippen molar-refractivity contribution < 1.29 is 6.16 Å². The SMILES string of the molecule is CN[C@@H](C)COC.[HH]. The van der Waals surface area contributed by atoms with Crippen LogP contribution in [0.3, 0.4) is 0 Å². The number of hydrogen-bond acceptors (Lipinski definition) is 2. The average molecular weight is 105 g/mol. The smallest absolute Gasteiger partial charge is 0.0613 e. The Morgan fingerprint density at radius 3 is 2.57 bits per heavy atom. The molecule has 0 aliphatic rings. The van der Waals surface area contributed by atoms with Gasteiger partial charge >= 0.3 is 0 Å². The molecule has 0 amide bonds. The fraction of sp³-hybridized carbons (Fsp3) is 1.00. The highest BCUT2D eigenvalue weighted by atomic mass is 16.5. The molecule has 0 aliphatic carbocycles. The third-order valence-electron chi connectivity index (χ3n) is 0.909. The van der Waals surface area contributed by atoms with Crippen molar-refractivity contribution in [2.75, 3.05) is 20.8 Å². The summed E-state index contributed by atoms with van der Waals surface area (Å²) in [5.41, 5.74) is 0. The molecule has 1 N–H and O–H groups in total. The van der Waals surface area contributed by atoms with Crippen molar-refractivity contribution in [1.82, 2.24) is 5.32 Å². The van der Waals surface area contributed by atoms with Crippen LogP contribution in [0.15, 0.2) is 0 Å². The van der Waals surface area contributed by atoms with Crippen molar-refractivity contribution in [3.63, 3.8) is 0 Å². The Morgan fingerprint density at radius 2 is 2.43 bits per heavy atom. The third-order valence-corrected chi connectivity index (χ3v) is 0.909. The van der Waals surface area contributed by atoms with Crippen molar-refractivity contribution in [1.29, 1.82) is 0 Å². The van der Waals surface area contributed by atoms with Crippen molar-refractivity contribution >= 4 is 0 Å². The van der Waals surface area contributed by atoms with Gasteiger partial charge in [0.05, 0.1) is 6.61 Å². The van der Waals surface area contributed by atoms with E-state index in [4.69, 9.17) is 4.74 Å². The lowest BCUT2D eigenvalue weighted by Gasteiger charge is -2.05. The van der Waals surface area contributed by atoms with E-state index in [0.717, 1.165) is 6.61 Å². The van der Waals surface area contributed by atoms with Gasteiger partial charge in [-0.3, -0.25) is 0 Å². The molecule has 0 spiro atoms. The lowest BCUT2D eigenvalue weighted by molar-refractivity contribution is 0.175. The van der Waals surface area contributed by atoms with Gasteiger partial charge in [-0.1, -0.05) is 0 Å². The minimum atomic E-state index is 0. The fourth-order valence-electron chi connectivity index (χ4n) is 0.333. The zero-order chi connectivity index (χ0) is 5.70. The van der Waals surface area contributed by atoms with E-state index in [0.29, 0.717) is 6.04 Å². The predicted molar refractivity (Wildman–Crippen MR) is 32.5 cm³/mol. The molecule has 2 heteroatoms. The first-order valence-corrected chi connectivity index (χ1v) is 2.47. The van der Waals surface area contributed by atoms with Crippen LogP contribution >= 0.6 is 0 Å². The number of nitrogens with one attached hydrogen (secondary N) is 1. The van der Waals surface area contributed by atoms with Crippen LogP contribution in [0.25, 0.3) is 0 Å². The Bertz CT molecular complexity index is 43.4. The number of likely N-dealkylation sites (N-methyl/N-ethyl adjacent to an activating group) is 1. The van der Waals surface area contributed by atoms with E-state index in [-0.39, 0.29) is 1.43 Å². The first kappa shape index (κ1) is 6.92. The van der Waals surface area contributed by atoms with Gasteiger partial charge in [0.1, 0.15) is 0 Å². The van der Waals surface area contributed by atoms with Crippen LogP contribution in [-0.2, 0) is 4.74 Å². The number of ether oxygens (including phenoxy) is 1. The molecule has 7 heavy (non-hydrogen) atoms.